The van der Waals surface area contributed by atoms with Crippen molar-refractivity contribution in [1.82, 2.24) is 10.6 Å². The minimum Gasteiger partial charge on any atom is -0.495 e. The van der Waals surface area contributed by atoms with Crippen LogP contribution in [-0.4, -0.2) is 59.5 Å². The van der Waals surface area contributed by atoms with Crippen LogP contribution in [0, 0.1) is 11.8 Å². The van der Waals surface area contributed by atoms with Crippen LogP contribution in [0.15, 0.2) is 29.3 Å². The van der Waals surface area contributed by atoms with E-state index in [0.717, 1.165) is 57.5 Å². The predicted octanol–water partition coefficient (Wildman–Crippen LogP) is 2.75. The molecule has 0 saturated carbocycles. The number of methoxy groups -OCH3 is 1. The molecule has 1 aromatic carbocycles. The highest BCUT2D eigenvalue weighted by molar-refractivity contribution is 5.79. The van der Waals surface area contributed by atoms with Gasteiger partial charge in [-0.25, -0.2) is 0 Å². The molecule has 0 aliphatic carbocycles. The Hall–Kier alpha value is -1.95. The second kappa shape index (κ2) is 11.7. The molecular weight excluding hydrogens is 340 g/mol. The molecule has 6 heteroatoms. The Bertz CT molecular complexity index is 577. The third kappa shape index (κ3) is 7.29. The van der Waals surface area contributed by atoms with Crippen molar-refractivity contribution in [3.63, 3.8) is 0 Å². The minimum atomic E-state index is 0.592. The molecule has 6 nitrogen and oxygen atoms in total. The summed E-state index contributed by atoms with van der Waals surface area (Å²) in [6.45, 7) is 9.85. The van der Waals surface area contributed by atoms with Gasteiger partial charge in [0.2, 0.25) is 0 Å². The first-order valence-electron chi connectivity index (χ1n) is 10.0. The second-order valence-corrected chi connectivity index (χ2v) is 7.47. The molecule has 2 rings (SSSR count). The maximum atomic E-state index is 5.61. The lowest BCUT2D eigenvalue weighted by Crippen LogP contribution is -2.40. The topological polar surface area (TPSA) is 58.1 Å². The van der Waals surface area contributed by atoms with Crippen LogP contribution in [0.1, 0.15) is 26.7 Å². The Balaban J connectivity index is 1.67. The van der Waals surface area contributed by atoms with Crippen LogP contribution in [0.3, 0.4) is 0 Å². The lowest BCUT2D eigenvalue weighted by molar-refractivity contribution is 0.108. The Labute approximate surface area is 164 Å². The molecule has 152 valence electrons. The summed E-state index contributed by atoms with van der Waals surface area (Å²) in [5.41, 5.74) is 1.19. The van der Waals surface area contributed by atoms with Crippen LogP contribution >= 0.6 is 0 Å². The van der Waals surface area contributed by atoms with E-state index in [1.54, 1.807) is 7.11 Å². The molecule has 0 radical (unpaired) electrons. The van der Waals surface area contributed by atoms with Gasteiger partial charge in [0.15, 0.2) is 5.96 Å². The molecule has 1 fully saturated rings. The van der Waals surface area contributed by atoms with Crippen molar-refractivity contribution in [1.29, 1.82) is 0 Å². The van der Waals surface area contributed by atoms with Crippen LogP contribution in [-0.2, 0) is 4.74 Å². The smallest absolute Gasteiger partial charge is 0.190 e. The second-order valence-electron chi connectivity index (χ2n) is 7.47. The molecule has 1 aliphatic rings. The van der Waals surface area contributed by atoms with Gasteiger partial charge in [0, 0.05) is 46.4 Å². The third-order valence-electron chi connectivity index (χ3n) is 4.70. The molecule has 1 atom stereocenters. The van der Waals surface area contributed by atoms with E-state index in [1.165, 1.54) is 12.1 Å². The number of guanidine groups is 1. The number of ether oxygens (including phenoxy) is 2. The summed E-state index contributed by atoms with van der Waals surface area (Å²) >= 11 is 0. The van der Waals surface area contributed by atoms with E-state index in [2.05, 4.69) is 46.5 Å². The normalized spacial score (nSPS) is 17.4. The highest BCUT2D eigenvalue weighted by Crippen LogP contribution is 2.31. The standard InChI is InChI=1S/C21H36N4O2/c1-17(2)16-27-13-7-11-23-21(22-3)24-14-18-10-12-25(15-18)19-8-5-6-9-20(19)26-4/h5-6,8-9,17-18H,7,10-16H2,1-4H3,(H2,22,23,24). The van der Waals surface area contributed by atoms with Crippen molar-refractivity contribution < 1.29 is 9.47 Å². The first-order valence-corrected chi connectivity index (χ1v) is 10.0. The summed E-state index contributed by atoms with van der Waals surface area (Å²) in [4.78, 5) is 6.73. The van der Waals surface area contributed by atoms with Gasteiger partial charge < -0.3 is 25.0 Å². The molecule has 1 unspecified atom stereocenters. The van der Waals surface area contributed by atoms with Gasteiger partial charge in [-0.15, -0.1) is 0 Å². The number of rotatable bonds is 10. The molecule has 1 aliphatic heterocycles. The van der Waals surface area contributed by atoms with Crippen molar-refractivity contribution in [2.45, 2.75) is 26.7 Å². The Morgan fingerprint density at radius 3 is 2.85 bits per heavy atom. The summed E-state index contributed by atoms with van der Waals surface area (Å²) in [6, 6.07) is 8.25. The average molecular weight is 377 g/mol. The fourth-order valence-electron chi connectivity index (χ4n) is 3.27. The molecule has 1 saturated heterocycles. The Morgan fingerprint density at radius 2 is 2.11 bits per heavy atom. The highest BCUT2D eigenvalue weighted by Gasteiger charge is 2.24. The Morgan fingerprint density at radius 1 is 1.30 bits per heavy atom. The van der Waals surface area contributed by atoms with Crippen LogP contribution in [0.4, 0.5) is 5.69 Å². The number of hydrogen-bond donors (Lipinski definition) is 2. The summed E-state index contributed by atoms with van der Waals surface area (Å²) in [5, 5.41) is 6.83. The van der Waals surface area contributed by atoms with Gasteiger partial charge in [-0.3, -0.25) is 4.99 Å². The van der Waals surface area contributed by atoms with Crippen molar-refractivity contribution in [3.8, 4) is 5.75 Å². The van der Waals surface area contributed by atoms with E-state index in [-0.39, 0.29) is 0 Å². The molecule has 0 aromatic heterocycles. The number of para-hydroxylation sites is 2. The maximum absolute atomic E-state index is 5.61. The van der Waals surface area contributed by atoms with E-state index in [9.17, 15) is 0 Å². The fourth-order valence-corrected chi connectivity index (χ4v) is 3.27. The zero-order valence-corrected chi connectivity index (χ0v) is 17.3. The molecular formula is C21H36N4O2. The Kier molecular flexibility index (Phi) is 9.25. The summed E-state index contributed by atoms with van der Waals surface area (Å²) in [5.74, 6) is 3.01. The zero-order chi connectivity index (χ0) is 19.5. The first kappa shape index (κ1) is 21.4. The number of nitrogens with zero attached hydrogens (tertiary/aromatic N) is 2. The van der Waals surface area contributed by atoms with Gasteiger partial charge in [0.1, 0.15) is 5.75 Å². The quantitative estimate of drug-likeness (QED) is 0.374. The van der Waals surface area contributed by atoms with Crippen molar-refractivity contribution >= 4 is 11.6 Å². The SMILES string of the molecule is CN=C(NCCCOCC(C)C)NCC1CCN(c2ccccc2OC)C1. The number of hydrogen-bond acceptors (Lipinski definition) is 4. The summed E-state index contributed by atoms with van der Waals surface area (Å²) in [6.07, 6.45) is 2.16. The monoisotopic (exact) mass is 376 g/mol. The molecule has 0 amide bonds. The van der Waals surface area contributed by atoms with Crippen LogP contribution in [0.25, 0.3) is 0 Å². The van der Waals surface area contributed by atoms with Crippen molar-refractivity contribution in [2.24, 2.45) is 16.8 Å². The molecule has 1 aromatic rings. The zero-order valence-electron chi connectivity index (χ0n) is 17.3. The van der Waals surface area contributed by atoms with Crippen molar-refractivity contribution in [2.75, 3.05) is 58.5 Å². The van der Waals surface area contributed by atoms with Gasteiger partial charge in [0.05, 0.1) is 12.8 Å². The minimum absolute atomic E-state index is 0.592. The molecule has 27 heavy (non-hydrogen) atoms. The average Bonchev–Trinajstić information content (AvgIpc) is 3.15. The largest absolute Gasteiger partial charge is 0.495 e. The lowest BCUT2D eigenvalue weighted by Gasteiger charge is -2.21. The first-order chi connectivity index (χ1) is 13.1. The van der Waals surface area contributed by atoms with Crippen molar-refractivity contribution in [3.05, 3.63) is 24.3 Å². The number of aliphatic imine (C=N–C) groups is 1. The third-order valence-corrected chi connectivity index (χ3v) is 4.70. The van der Waals surface area contributed by atoms with Gasteiger partial charge in [-0.2, -0.15) is 0 Å². The van der Waals surface area contributed by atoms with E-state index in [0.29, 0.717) is 11.8 Å². The fraction of sp³-hybridized carbons (Fsp3) is 0.667. The van der Waals surface area contributed by atoms with Crippen LogP contribution in [0.5, 0.6) is 5.75 Å². The van der Waals surface area contributed by atoms with Crippen LogP contribution in [0.2, 0.25) is 0 Å². The van der Waals surface area contributed by atoms with Gasteiger partial charge in [-0.05, 0) is 36.8 Å². The summed E-state index contributed by atoms with van der Waals surface area (Å²) in [7, 11) is 3.55. The van der Waals surface area contributed by atoms with E-state index in [4.69, 9.17) is 9.47 Å². The van der Waals surface area contributed by atoms with E-state index < -0.39 is 0 Å². The summed E-state index contributed by atoms with van der Waals surface area (Å²) < 4.78 is 11.1. The van der Waals surface area contributed by atoms with Gasteiger partial charge in [-0.1, -0.05) is 26.0 Å². The molecule has 0 bridgehead atoms. The van der Waals surface area contributed by atoms with E-state index in [1.807, 2.05) is 19.2 Å². The number of anilines is 1. The number of nitrogens with one attached hydrogen (secondary N) is 2. The van der Waals surface area contributed by atoms with Crippen LogP contribution < -0.4 is 20.3 Å². The maximum Gasteiger partial charge on any atom is 0.190 e. The van der Waals surface area contributed by atoms with Gasteiger partial charge >= 0.3 is 0 Å². The lowest BCUT2D eigenvalue weighted by atomic mass is 10.1. The number of benzene rings is 1. The molecule has 2 N–H and O–H groups in total. The predicted molar refractivity (Wildman–Crippen MR) is 113 cm³/mol. The highest BCUT2D eigenvalue weighted by atomic mass is 16.5. The molecule has 0 spiro atoms. The van der Waals surface area contributed by atoms with Gasteiger partial charge in [0.25, 0.3) is 0 Å². The van der Waals surface area contributed by atoms with E-state index >= 15 is 0 Å². The molecule has 1 heterocycles.